The summed E-state index contributed by atoms with van der Waals surface area (Å²) in [4.78, 5) is 45.2. The molecule has 174 valence electrons. The van der Waals surface area contributed by atoms with Crippen LogP contribution in [0, 0.1) is 12.8 Å². The molecule has 0 unspecified atom stereocenters. The summed E-state index contributed by atoms with van der Waals surface area (Å²) >= 11 is 3.39. The van der Waals surface area contributed by atoms with Crippen LogP contribution in [0.1, 0.15) is 18.1 Å². The summed E-state index contributed by atoms with van der Waals surface area (Å²) in [7, 11) is 2.80. The van der Waals surface area contributed by atoms with E-state index in [2.05, 4.69) is 25.9 Å². The molecule has 0 aliphatic carbocycles. The third kappa shape index (κ3) is 5.70. The van der Waals surface area contributed by atoms with Gasteiger partial charge in [-0.2, -0.15) is 0 Å². The van der Waals surface area contributed by atoms with Gasteiger partial charge in [-0.05, 0) is 40.5 Å². The standard InChI is InChI=1S/C23H25BrN4O5/c1-14-5-7-16(8-6-14)13-27-21(25-17-9-10-18(24)19(11-17)32-3)26-22(30)28(23(27)31)12-15(2)20(29)33-4/h5-11,15H,12-13H2,1-4H3,(H,25,26,30)/t15-/m0/s1. The van der Waals surface area contributed by atoms with E-state index < -0.39 is 23.3 Å². The number of rotatable bonds is 7. The van der Waals surface area contributed by atoms with E-state index in [0.717, 1.165) is 20.2 Å². The minimum Gasteiger partial charge on any atom is -0.495 e. The highest BCUT2D eigenvalue weighted by Gasteiger charge is 2.18. The van der Waals surface area contributed by atoms with E-state index in [1.54, 1.807) is 25.1 Å². The molecule has 1 atom stereocenters. The molecule has 0 radical (unpaired) electrons. The summed E-state index contributed by atoms with van der Waals surface area (Å²) in [5.74, 6) is -0.633. The van der Waals surface area contributed by atoms with Crippen LogP contribution in [0.5, 0.6) is 5.75 Å². The highest BCUT2D eigenvalue weighted by atomic mass is 79.9. The molecule has 1 aromatic heterocycles. The summed E-state index contributed by atoms with van der Waals surface area (Å²) in [5, 5.41) is 0. The molecule has 0 saturated carbocycles. The molecule has 3 rings (SSSR count). The van der Waals surface area contributed by atoms with E-state index in [9.17, 15) is 14.4 Å². The number of halogens is 1. The van der Waals surface area contributed by atoms with E-state index in [0.29, 0.717) is 11.4 Å². The number of nitrogens with one attached hydrogen (secondary N) is 1. The molecule has 0 fully saturated rings. The number of carbonyl (C=O) groups excluding carboxylic acids is 1. The van der Waals surface area contributed by atoms with Gasteiger partial charge in [0.1, 0.15) is 5.75 Å². The van der Waals surface area contributed by atoms with Gasteiger partial charge >= 0.3 is 17.3 Å². The second kappa shape index (κ2) is 10.5. The first-order valence-corrected chi connectivity index (χ1v) is 11.0. The molecule has 0 aliphatic heterocycles. The van der Waals surface area contributed by atoms with Crippen molar-refractivity contribution in [1.29, 1.82) is 0 Å². The van der Waals surface area contributed by atoms with Crippen molar-refractivity contribution >= 4 is 27.6 Å². The minimum absolute atomic E-state index is 0.0805. The van der Waals surface area contributed by atoms with Gasteiger partial charge in [-0.3, -0.25) is 14.3 Å². The van der Waals surface area contributed by atoms with Crippen LogP contribution in [-0.2, 0) is 22.6 Å². The average Bonchev–Trinajstić information content (AvgIpc) is 2.80. The van der Waals surface area contributed by atoms with E-state index in [4.69, 9.17) is 9.47 Å². The molecule has 0 aliphatic rings. The number of benzene rings is 2. The summed E-state index contributed by atoms with van der Waals surface area (Å²) in [6, 6.07) is 12.9. The normalized spacial score (nSPS) is 12.5. The number of aryl methyl sites for hydroxylation is 1. The molecule has 1 N–H and O–H groups in total. The second-order valence-electron chi connectivity index (χ2n) is 7.57. The van der Waals surface area contributed by atoms with Gasteiger partial charge in [0, 0.05) is 12.6 Å². The summed E-state index contributed by atoms with van der Waals surface area (Å²) < 4.78 is 13.1. The maximum atomic E-state index is 13.4. The summed E-state index contributed by atoms with van der Waals surface area (Å²) in [6.45, 7) is 3.62. The molecule has 2 aromatic carbocycles. The van der Waals surface area contributed by atoms with Gasteiger partial charge in [0.05, 0.1) is 36.8 Å². The Morgan fingerprint density at radius 3 is 2.45 bits per heavy atom. The molecule has 10 heteroatoms. The van der Waals surface area contributed by atoms with Crippen molar-refractivity contribution in [2.45, 2.75) is 26.9 Å². The van der Waals surface area contributed by atoms with Crippen LogP contribution in [0.3, 0.4) is 0 Å². The number of H-pyrrole nitrogens is 1. The first kappa shape index (κ1) is 24.2. The number of methoxy groups -OCH3 is 2. The zero-order valence-electron chi connectivity index (χ0n) is 18.8. The number of hydrogen-bond donors (Lipinski definition) is 1. The Bertz CT molecular complexity index is 1340. The molecular formula is C23H25BrN4O5. The van der Waals surface area contributed by atoms with Gasteiger partial charge in [-0.1, -0.05) is 36.8 Å². The SMILES string of the molecule is COC(=O)[C@@H](C)Cn1c(=O)[nH]/c(=N\c2ccc(Br)c(OC)c2)n(Cc2ccc(C)cc2)c1=O. The van der Waals surface area contributed by atoms with Crippen molar-refractivity contribution in [3.05, 3.63) is 84.7 Å². The van der Waals surface area contributed by atoms with E-state index in [-0.39, 0.29) is 18.7 Å². The molecule has 0 amide bonds. The fourth-order valence-corrected chi connectivity index (χ4v) is 3.62. The van der Waals surface area contributed by atoms with Gasteiger partial charge in [0.2, 0.25) is 5.62 Å². The van der Waals surface area contributed by atoms with E-state index >= 15 is 0 Å². The van der Waals surface area contributed by atoms with E-state index in [1.165, 1.54) is 18.8 Å². The average molecular weight is 517 g/mol. The van der Waals surface area contributed by atoms with Gasteiger partial charge in [-0.25, -0.2) is 19.1 Å². The number of carbonyl (C=O) groups is 1. The Morgan fingerprint density at radius 2 is 1.82 bits per heavy atom. The maximum Gasteiger partial charge on any atom is 0.335 e. The largest absolute Gasteiger partial charge is 0.495 e. The lowest BCUT2D eigenvalue weighted by molar-refractivity contribution is -0.145. The Labute approximate surface area is 198 Å². The third-order valence-electron chi connectivity index (χ3n) is 5.07. The Hall–Kier alpha value is -3.40. The Morgan fingerprint density at radius 1 is 1.12 bits per heavy atom. The molecular weight excluding hydrogens is 492 g/mol. The quantitative estimate of drug-likeness (QED) is 0.485. The molecule has 3 aromatic rings. The van der Waals surface area contributed by atoms with Crippen molar-refractivity contribution in [2.75, 3.05) is 14.2 Å². The number of ether oxygens (including phenoxy) is 2. The zero-order chi connectivity index (χ0) is 24.1. The van der Waals surface area contributed by atoms with Crippen LogP contribution in [0.4, 0.5) is 5.69 Å². The van der Waals surface area contributed by atoms with Gasteiger partial charge in [-0.15, -0.1) is 0 Å². The van der Waals surface area contributed by atoms with Crippen LogP contribution in [0.2, 0.25) is 0 Å². The highest BCUT2D eigenvalue weighted by molar-refractivity contribution is 9.10. The number of aromatic nitrogens is 3. The molecule has 9 nitrogen and oxygen atoms in total. The predicted molar refractivity (Wildman–Crippen MR) is 127 cm³/mol. The lowest BCUT2D eigenvalue weighted by atomic mass is 10.1. The van der Waals surface area contributed by atoms with Crippen molar-refractivity contribution in [3.8, 4) is 5.75 Å². The maximum absolute atomic E-state index is 13.4. The van der Waals surface area contributed by atoms with Crippen LogP contribution in [-0.4, -0.2) is 34.3 Å². The Balaban J connectivity index is 2.19. The topological polar surface area (TPSA) is 108 Å². The van der Waals surface area contributed by atoms with Crippen molar-refractivity contribution in [2.24, 2.45) is 10.9 Å². The molecule has 1 heterocycles. The number of nitrogens with zero attached hydrogens (tertiary/aromatic N) is 3. The predicted octanol–water partition coefficient (Wildman–Crippen LogP) is 2.51. The first-order chi connectivity index (χ1) is 15.7. The summed E-state index contributed by atoms with van der Waals surface area (Å²) in [5.41, 5.74) is 1.26. The second-order valence-corrected chi connectivity index (χ2v) is 8.43. The highest BCUT2D eigenvalue weighted by Crippen LogP contribution is 2.28. The lowest BCUT2D eigenvalue weighted by Gasteiger charge is -2.14. The molecule has 0 bridgehead atoms. The van der Waals surface area contributed by atoms with Gasteiger partial charge < -0.3 is 9.47 Å². The Kier molecular flexibility index (Phi) is 7.70. The smallest absolute Gasteiger partial charge is 0.335 e. The monoisotopic (exact) mass is 516 g/mol. The fourth-order valence-electron chi connectivity index (χ4n) is 3.21. The summed E-state index contributed by atoms with van der Waals surface area (Å²) in [6.07, 6.45) is 0. The molecule has 0 spiro atoms. The van der Waals surface area contributed by atoms with Crippen LogP contribution >= 0.6 is 15.9 Å². The number of hydrogen-bond acceptors (Lipinski definition) is 6. The van der Waals surface area contributed by atoms with Gasteiger partial charge in [0.25, 0.3) is 0 Å². The first-order valence-electron chi connectivity index (χ1n) is 10.2. The van der Waals surface area contributed by atoms with Crippen LogP contribution in [0.25, 0.3) is 0 Å². The third-order valence-corrected chi connectivity index (χ3v) is 5.73. The fraction of sp³-hybridized carbons (Fsp3) is 0.304. The molecule has 0 saturated heterocycles. The van der Waals surface area contributed by atoms with Gasteiger partial charge in [0.15, 0.2) is 0 Å². The minimum atomic E-state index is -0.680. The zero-order valence-corrected chi connectivity index (χ0v) is 20.4. The van der Waals surface area contributed by atoms with Crippen LogP contribution < -0.4 is 21.7 Å². The van der Waals surface area contributed by atoms with Crippen molar-refractivity contribution < 1.29 is 14.3 Å². The van der Waals surface area contributed by atoms with Crippen molar-refractivity contribution in [1.82, 2.24) is 14.1 Å². The van der Waals surface area contributed by atoms with Crippen LogP contribution in [0.15, 0.2) is 61.5 Å². The number of esters is 1. The lowest BCUT2D eigenvalue weighted by Crippen LogP contribution is -2.51. The van der Waals surface area contributed by atoms with Crippen molar-refractivity contribution in [3.63, 3.8) is 0 Å². The molecule has 33 heavy (non-hydrogen) atoms. The van der Waals surface area contributed by atoms with E-state index in [1.807, 2.05) is 31.2 Å². The number of aromatic amines is 1.